The van der Waals surface area contributed by atoms with Gasteiger partial charge in [0, 0.05) is 30.6 Å². The largest absolute Gasteiger partial charge is 0.379 e. The summed E-state index contributed by atoms with van der Waals surface area (Å²) >= 11 is 5.40. The summed E-state index contributed by atoms with van der Waals surface area (Å²) in [6, 6.07) is 4.90. The van der Waals surface area contributed by atoms with Crippen LogP contribution in [-0.2, 0) is 10.2 Å². The van der Waals surface area contributed by atoms with E-state index >= 15 is 0 Å². The Morgan fingerprint density at radius 1 is 1.53 bits per heavy atom. The molecule has 94 valence electrons. The fraction of sp³-hybridized carbons (Fsp3) is 0.667. The van der Waals surface area contributed by atoms with Gasteiger partial charge in [0.25, 0.3) is 0 Å². The van der Waals surface area contributed by atoms with Gasteiger partial charge < -0.3 is 15.0 Å². The second-order valence-corrected chi connectivity index (χ2v) is 7.48. The van der Waals surface area contributed by atoms with Gasteiger partial charge in [0.15, 0.2) is 0 Å². The molecule has 0 spiro atoms. The predicted octanol–water partition coefficient (Wildman–Crippen LogP) is 1.68. The summed E-state index contributed by atoms with van der Waals surface area (Å²) in [5, 5.41) is 3.67. The molecule has 3 rings (SSSR count). The maximum Gasteiger partial charge on any atom is 0.0701 e. The van der Waals surface area contributed by atoms with Gasteiger partial charge >= 0.3 is 0 Å². The highest BCUT2D eigenvalue weighted by atomic mass is 79.9. The van der Waals surface area contributed by atoms with Crippen LogP contribution in [0.4, 0.5) is 0 Å². The van der Waals surface area contributed by atoms with E-state index in [0.717, 1.165) is 32.8 Å². The van der Waals surface area contributed by atoms with E-state index in [0.29, 0.717) is 6.04 Å². The van der Waals surface area contributed by atoms with Gasteiger partial charge in [-0.25, -0.2) is 0 Å². The Kier molecular flexibility index (Phi) is 3.30. The van der Waals surface area contributed by atoms with Crippen molar-refractivity contribution < 1.29 is 4.74 Å². The first-order valence-corrected chi connectivity index (χ1v) is 7.57. The number of hydrogen-bond donors (Lipinski definition) is 1. The van der Waals surface area contributed by atoms with Gasteiger partial charge in [-0.15, -0.1) is 11.3 Å². The fourth-order valence-corrected chi connectivity index (χ4v) is 4.29. The number of halogens is 1. The molecule has 5 heteroatoms. The molecule has 0 saturated carbocycles. The summed E-state index contributed by atoms with van der Waals surface area (Å²) in [5.41, 5.74) is 0.200. The predicted molar refractivity (Wildman–Crippen MR) is 73.8 cm³/mol. The van der Waals surface area contributed by atoms with Crippen molar-refractivity contribution in [3.63, 3.8) is 0 Å². The Labute approximate surface area is 114 Å². The molecule has 1 aromatic heterocycles. The van der Waals surface area contributed by atoms with Crippen molar-refractivity contribution in [2.45, 2.75) is 11.5 Å². The van der Waals surface area contributed by atoms with Crippen LogP contribution in [0.25, 0.3) is 0 Å². The van der Waals surface area contributed by atoms with Crippen molar-refractivity contribution in [3.8, 4) is 0 Å². The summed E-state index contributed by atoms with van der Waals surface area (Å²) in [6.07, 6.45) is 0. The zero-order chi connectivity index (χ0) is 11.9. The molecule has 2 fully saturated rings. The highest BCUT2D eigenvalue weighted by Crippen LogP contribution is 2.41. The SMILES string of the molecule is CN1CCNC(C2(c3ccc(Br)s3)COC2)C1. The van der Waals surface area contributed by atoms with E-state index in [1.54, 1.807) is 0 Å². The molecule has 2 saturated heterocycles. The monoisotopic (exact) mass is 316 g/mol. The lowest BCUT2D eigenvalue weighted by molar-refractivity contribution is -0.0846. The van der Waals surface area contributed by atoms with Gasteiger partial charge in [0.2, 0.25) is 0 Å². The van der Waals surface area contributed by atoms with Crippen LogP contribution in [0.1, 0.15) is 4.88 Å². The van der Waals surface area contributed by atoms with Crippen LogP contribution in [0, 0.1) is 0 Å². The standard InChI is InChI=1S/C12H17BrN2OS/c1-15-5-4-14-9(6-15)12(7-16-8-12)10-2-3-11(13)17-10/h2-3,9,14H,4-8H2,1H3. The first-order valence-electron chi connectivity index (χ1n) is 5.96. The number of thiophene rings is 1. The average Bonchev–Trinajstić information content (AvgIpc) is 2.64. The average molecular weight is 317 g/mol. The van der Waals surface area contributed by atoms with Crippen molar-refractivity contribution in [3.05, 3.63) is 20.8 Å². The number of nitrogens with one attached hydrogen (secondary N) is 1. The molecule has 0 aliphatic carbocycles. The topological polar surface area (TPSA) is 24.5 Å². The van der Waals surface area contributed by atoms with E-state index in [1.807, 2.05) is 11.3 Å². The third-order valence-corrected chi connectivity index (χ3v) is 5.67. The molecule has 17 heavy (non-hydrogen) atoms. The minimum Gasteiger partial charge on any atom is -0.379 e. The summed E-state index contributed by atoms with van der Waals surface area (Å²) in [5.74, 6) is 0. The molecule has 3 nitrogen and oxygen atoms in total. The van der Waals surface area contributed by atoms with Crippen molar-refractivity contribution in [1.29, 1.82) is 0 Å². The van der Waals surface area contributed by atoms with Gasteiger partial charge in [-0.3, -0.25) is 0 Å². The van der Waals surface area contributed by atoms with Crippen LogP contribution in [0.2, 0.25) is 0 Å². The lowest BCUT2D eigenvalue weighted by atomic mass is 9.76. The summed E-state index contributed by atoms with van der Waals surface area (Å²) < 4.78 is 6.73. The van der Waals surface area contributed by atoms with Crippen LogP contribution in [0.5, 0.6) is 0 Å². The summed E-state index contributed by atoms with van der Waals surface area (Å²) in [4.78, 5) is 3.85. The van der Waals surface area contributed by atoms with E-state index in [2.05, 4.69) is 45.3 Å². The maximum absolute atomic E-state index is 5.52. The van der Waals surface area contributed by atoms with E-state index in [1.165, 1.54) is 8.66 Å². The minimum absolute atomic E-state index is 0.200. The lowest BCUT2D eigenvalue weighted by Gasteiger charge is -2.49. The third-order valence-electron chi connectivity index (χ3n) is 3.83. The van der Waals surface area contributed by atoms with Gasteiger partial charge in [0.1, 0.15) is 0 Å². The van der Waals surface area contributed by atoms with Gasteiger partial charge in [0.05, 0.1) is 22.4 Å². The van der Waals surface area contributed by atoms with Gasteiger partial charge in [-0.2, -0.15) is 0 Å². The molecule has 0 bridgehead atoms. The number of rotatable bonds is 2. The first kappa shape index (κ1) is 12.1. The number of likely N-dealkylation sites (N-methyl/N-ethyl adjacent to an activating group) is 1. The zero-order valence-corrected chi connectivity index (χ0v) is 12.3. The molecule has 2 aliphatic heterocycles. The molecule has 0 radical (unpaired) electrons. The molecule has 0 aromatic carbocycles. The van der Waals surface area contributed by atoms with Crippen molar-refractivity contribution >= 4 is 27.3 Å². The van der Waals surface area contributed by atoms with Crippen molar-refractivity contribution in [2.75, 3.05) is 39.9 Å². The van der Waals surface area contributed by atoms with Crippen LogP contribution in [0.15, 0.2) is 15.9 Å². The van der Waals surface area contributed by atoms with Crippen LogP contribution in [-0.4, -0.2) is 50.8 Å². The highest BCUT2D eigenvalue weighted by molar-refractivity contribution is 9.11. The van der Waals surface area contributed by atoms with E-state index in [4.69, 9.17) is 4.74 Å². The molecule has 1 N–H and O–H groups in total. The number of piperazine rings is 1. The quantitative estimate of drug-likeness (QED) is 0.898. The van der Waals surface area contributed by atoms with Crippen LogP contribution < -0.4 is 5.32 Å². The maximum atomic E-state index is 5.52. The highest BCUT2D eigenvalue weighted by Gasteiger charge is 2.48. The summed E-state index contributed by atoms with van der Waals surface area (Å²) in [6.45, 7) is 5.03. The van der Waals surface area contributed by atoms with Crippen molar-refractivity contribution in [1.82, 2.24) is 10.2 Å². The third kappa shape index (κ3) is 2.08. The molecule has 1 atom stereocenters. The molecule has 2 aliphatic rings. The molecule has 1 aromatic rings. The second kappa shape index (κ2) is 4.63. The number of hydrogen-bond acceptors (Lipinski definition) is 4. The molecular formula is C12H17BrN2OS. The number of nitrogens with zero attached hydrogens (tertiary/aromatic N) is 1. The summed E-state index contributed by atoms with van der Waals surface area (Å²) in [7, 11) is 2.20. The first-order chi connectivity index (χ1) is 8.21. The Hall–Kier alpha value is 0.0600. The van der Waals surface area contributed by atoms with Crippen molar-refractivity contribution in [2.24, 2.45) is 0 Å². The van der Waals surface area contributed by atoms with Gasteiger partial charge in [-0.05, 0) is 35.1 Å². The van der Waals surface area contributed by atoms with E-state index in [9.17, 15) is 0 Å². The Morgan fingerprint density at radius 2 is 2.35 bits per heavy atom. The normalized spacial score (nSPS) is 28.9. The molecule has 1 unspecified atom stereocenters. The molecular weight excluding hydrogens is 300 g/mol. The minimum atomic E-state index is 0.200. The van der Waals surface area contributed by atoms with Crippen LogP contribution >= 0.6 is 27.3 Å². The Bertz CT molecular complexity index is 405. The van der Waals surface area contributed by atoms with E-state index < -0.39 is 0 Å². The molecule has 3 heterocycles. The fourth-order valence-electron chi connectivity index (χ4n) is 2.69. The van der Waals surface area contributed by atoms with Crippen LogP contribution in [0.3, 0.4) is 0 Å². The van der Waals surface area contributed by atoms with E-state index in [-0.39, 0.29) is 5.41 Å². The zero-order valence-electron chi connectivity index (χ0n) is 9.91. The Morgan fingerprint density at radius 3 is 2.88 bits per heavy atom. The van der Waals surface area contributed by atoms with Gasteiger partial charge in [-0.1, -0.05) is 0 Å². The number of ether oxygens (including phenoxy) is 1. The second-order valence-electron chi connectivity index (χ2n) is 5.02. The lowest BCUT2D eigenvalue weighted by Crippen LogP contribution is -2.66. The molecule has 0 amide bonds. The smallest absolute Gasteiger partial charge is 0.0701 e. The Balaban J connectivity index is 1.86.